The van der Waals surface area contributed by atoms with Crippen molar-refractivity contribution in [3.05, 3.63) is 23.8 Å². The molecule has 0 bridgehead atoms. The van der Waals surface area contributed by atoms with Crippen LogP contribution in [-0.4, -0.2) is 41.6 Å². The quantitative estimate of drug-likeness (QED) is 0.611. The summed E-state index contributed by atoms with van der Waals surface area (Å²) in [6, 6.07) is 6.28. The van der Waals surface area contributed by atoms with E-state index < -0.39 is 5.97 Å². The molecule has 2 rings (SSSR count). The van der Waals surface area contributed by atoms with E-state index >= 15 is 0 Å². The van der Waals surface area contributed by atoms with Crippen LogP contribution < -0.4 is 4.90 Å². The van der Waals surface area contributed by atoms with Crippen LogP contribution in [0.4, 0.5) is 11.4 Å². The van der Waals surface area contributed by atoms with E-state index in [0.29, 0.717) is 18.2 Å². The lowest BCUT2D eigenvalue weighted by atomic mass is 9.94. The van der Waals surface area contributed by atoms with E-state index in [4.69, 9.17) is 33.3 Å². The van der Waals surface area contributed by atoms with Crippen molar-refractivity contribution in [1.82, 2.24) is 0 Å². The minimum atomic E-state index is -0.756. The standard InChI is InChI=1S/C17H22Cl2N2O2.ClH/c1-12-14-6-5-13(21(9-7-18)10-8-19)11-16(14)20-15(12)3-2-4-17(22)23;/h5-6,11-12H,2-4,7-10H2,1H3,(H,22,23);1H. The highest BCUT2D eigenvalue weighted by Gasteiger charge is 2.23. The van der Waals surface area contributed by atoms with Crippen molar-refractivity contribution in [1.29, 1.82) is 0 Å². The number of carboxylic acid groups (broad SMARTS) is 1. The van der Waals surface area contributed by atoms with E-state index in [1.807, 2.05) is 0 Å². The molecule has 0 saturated heterocycles. The lowest BCUT2D eigenvalue weighted by Gasteiger charge is -2.23. The van der Waals surface area contributed by atoms with Crippen molar-refractivity contribution in [2.24, 2.45) is 4.99 Å². The Morgan fingerprint density at radius 1 is 1.29 bits per heavy atom. The van der Waals surface area contributed by atoms with Crippen LogP contribution in [0.5, 0.6) is 0 Å². The van der Waals surface area contributed by atoms with Gasteiger partial charge in [-0.1, -0.05) is 13.0 Å². The van der Waals surface area contributed by atoms with E-state index in [0.717, 1.165) is 36.6 Å². The molecule has 1 aliphatic heterocycles. The molecule has 0 spiro atoms. The van der Waals surface area contributed by atoms with Crippen molar-refractivity contribution in [3.8, 4) is 0 Å². The van der Waals surface area contributed by atoms with Gasteiger partial charge in [-0.2, -0.15) is 0 Å². The van der Waals surface area contributed by atoms with E-state index in [1.54, 1.807) is 0 Å². The Bertz CT molecular complexity index is 587. The summed E-state index contributed by atoms with van der Waals surface area (Å²) in [4.78, 5) is 17.5. The molecule has 0 aliphatic carbocycles. The van der Waals surface area contributed by atoms with Crippen LogP contribution in [-0.2, 0) is 4.79 Å². The summed E-state index contributed by atoms with van der Waals surface area (Å²) in [6.45, 7) is 3.62. The molecule has 24 heavy (non-hydrogen) atoms. The average Bonchev–Trinajstić information content (AvgIpc) is 2.83. The number of benzene rings is 1. The molecule has 0 aromatic heterocycles. The number of halogens is 3. The fourth-order valence-corrected chi connectivity index (χ4v) is 3.30. The molecular weight excluding hydrogens is 371 g/mol. The Morgan fingerprint density at radius 3 is 2.54 bits per heavy atom. The van der Waals surface area contributed by atoms with Gasteiger partial charge >= 0.3 is 5.97 Å². The second-order valence-corrected chi connectivity index (χ2v) is 6.44. The van der Waals surface area contributed by atoms with E-state index in [1.165, 1.54) is 5.56 Å². The van der Waals surface area contributed by atoms with E-state index in [2.05, 4.69) is 30.0 Å². The van der Waals surface area contributed by atoms with E-state index in [9.17, 15) is 4.79 Å². The number of aliphatic imine (C=N–C) groups is 1. The zero-order chi connectivity index (χ0) is 16.8. The van der Waals surface area contributed by atoms with Crippen molar-refractivity contribution < 1.29 is 9.90 Å². The van der Waals surface area contributed by atoms with Crippen LogP contribution in [0.3, 0.4) is 0 Å². The first-order chi connectivity index (χ1) is 11.1. The van der Waals surface area contributed by atoms with Crippen LogP contribution in [0.2, 0.25) is 0 Å². The maximum Gasteiger partial charge on any atom is 0.303 e. The van der Waals surface area contributed by atoms with Gasteiger partial charge in [-0.05, 0) is 30.5 Å². The Morgan fingerprint density at radius 2 is 1.96 bits per heavy atom. The third kappa shape index (κ3) is 5.27. The summed E-state index contributed by atoms with van der Waals surface area (Å²) < 4.78 is 0. The van der Waals surface area contributed by atoms with Crippen LogP contribution in [0.25, 0.3) is 0 Å². The second-order valence-electron chi connectivity index (χ2n) is 5.68. The highest BCUT2D eigenvalue weighted by molar-refractivity contribution is 6.18. The molecule has 1 atom stereocenters. The number of hydrogen-bond acceptors (Lipinski definition) is 3. The number of nitrogens with zero attached hydrogens (tertiary/aromatic N) is 2. The summed E-state index contributed by atoms with van der Waals surface area (Å²) in [6.07, 6.45) is 1.54. The maximum atomic E-state index is 10.6. The topological polar surface area (TPSA) is 52.9 Å². The van der Waals surface area contributed by atoms with Crippen molar-refractivity contribution in [3.63, 3.8) is 0 Å². The number of aliphatic carboxylic acids is 1. The molecule has 0 saturated carbocycles. The number of anilines is 1. The molecule has 1 aromatic rings. The smallest absolute Gasteiger partial charge is 0.303 e. The summed E-state index contributed by atoms with van der Waals surface area (Å²) in [7, 11) is 0. The van der Waals surface area contributed by atoms with Crippen molar-refractivity contribution in [2.45, 2.75) is 32.1 Å². The first kappa shape index (κ1) is 21.1. The summed E-state index contributed by atoms with van der Waals surface area (Å²) in [5.74, 6) is 0.596. The SMILES string of the molecule is CC1C(CCCC(=O)O)=Nc2cc(N(CCCl)CCCl)ccc21.Cl. The molecule has 0 radical (unpaired) electrons. The van der Waals surface area contributed by atoms with E-state index in [-0.39, 0.29) is 24.7 Å². The number of carboxylic acids is 1. The first-order valence-corrected chi connectivity index (χ1v) is 8.93. The minimum absolute atomic E-state index is 0. The highest BCUT2D eigenvalue weighted by Crippen LogP contribution is 2.39. The number of carbonyl (C=O) groups is 1. The molecule has 1 aromatic carbocycles. The lowest BCUT2D eigenvalue weighted by Crippen LogP contribution is -2.27. The number of hydrogen-bond donors (Lipinski definition) is 1. The Labute approximate surface area is 159 Å². The molecule has 1 N–H and O–H groups in total. The molecule has 4 nitrogen and oxygen atoms in total. The van der Waals surface area contributed by atoms with Crippen LogP contribution in [0.15, 0.2) is 23.2 Å². The molecule has 1 unspecified atom stereocenters. The highest BCUT2D eigenvalue weighted by atomic mass is 35.5. The van der Waals surface area contributed by atoms with Crippen LogP contribution in [0, 0.1) is 0 Å². The predicted molar refractivity (Wildman–Crippen MR) is 104 cm³/mol. The lowest BCUT2D eigenvalue weighted by molar-refractivity contribution is -0.137. The zero-order valence-corrected chi connectivity index (χ0v) is 16.0. The molecule has 0 fully saturated rings. The number of alkyl halides is 2. The minimum Gasteiger partial charge on any atom is -0.481 e. The normalized spacial score (nSPS) is 15.5. The fraction of sp³-hybridized carbons (Fsp3) is 0.529. The average molecular weight is 394 g/mol. The van der Waals surface area contributed by atoms with Crippen molar-refractivity contribution in [2.75, 3.05) is 29.7 Å². The number of fused-ring (bicyclic) bond motifs is 1. The summed E-state index contributed by atoms with van der Waals surface area (Å²) in [5, 5.41) is 8.76. The second kappa shape index (κ2) is 10.1. The van der Waals surface area contributed by atoms with Gasteiger partial charge in [-0.3, -0.25) is 9.79 Å². The monoisotopic (exact) mass is 392 g/mol. The Balaban J connectivity index is 0.00000288. The van der Waals surface area contributed by atoms with Crippen LogP contribution in [0.1, 0.15) is 37.7 Å². The predicted octanol–water partition coefficient (Wildman–Crippen LogP) is 4.84. The van der Waals surface area contributed by atoms with Gasteiger partial charge in [-0.15, -0.1) is 35.6 Å². The van der Waals surface area contributed by atoms with Crippen molar-refractivity contribution >= 4 is 58.7 Å². The van der Waals surface area contributed by atoms with Gasteiger partial charge in [0, 0.05) is 48.6 Å². The molecule has 134 valence electrons. The molecule has 1 aliphatic rings. The maximum absolute atomic E-state index is 10.6. The molecule has 7 heteroatoms. The largest absolute Gasteiger partial charge is 0.481 e. The Hall–Kier alpha value is -0.970. The zero-order valence-electron chi connectivity index (χ0n) is 13.7. The molecule has 1 heterocycles. The Kier molecular flexibility index (Phi) is 8.88. The first-order valence-electron chi connectivity index (χ1n) is 7.87. The van der Waals surface area contributed by atoms with Gasteiger partial charge < -0.3 is 10.0 Å². The van der Waals surface area contributed by atoms with Gasteiger partial charge in [0.1, 0.15) is 0 Å². The third-order valence-corrected chi connectivity index (χ3v) is 4.48. The van der Waals surface area contributed by atoms with Gasteiger partial charge in [0.25, 0.3) is 0 Å². The van der Waals surface area contributed by atoms with Gasteiger partial charge in [-0.25, -0.2) is 0 Å². The van der Waals surface area contributed by atoms with Gasteiger partial charge in [0.15, 0.2) is 0 Å². The summed E-state index contributed by atoms with van der Waals surface area (Å²) >= 11 is 11.7. The summed E-state index contributed by atoms with van der Waals surface area (Å²) in [5.41, 5.74) is 4.33. The van der Waals surface area contributed by atoms with Gasteiger partial charge in [0.05, 0.1) is 5.69 Å². The number of rotatable bonds is 9. The van der Waals surface area contributed by atoms with Gasteiger partial charge in [0.2, 0.25) is 0 Å². The molecular formula is C17H23Cl3N2O2. The third-order valence-electron chi connectivity index (χ3n) is 4.14. The van der Waals surface area contributed by atoms with Crippen LogP contribution >= 0.6 is 35.6 Å². The fourth-order valence-electron chi connectivity index (χ4n) is 2.89. The molecule has 0 amide bonds.